The predicted molar refractivity (Wildman–Crippen MR) is 85.7 cm³/mol. The Morgan fingerprint density at radius 2 is 2.16 bits per heavy atom. The molecule has 0 saturated heterocycles. The summed E-state index contributed by atoms with van der Waals surface area (Å²) in [6.07, 6.45) is 6.44. The van der Waals surface area contributed by atoms with Gasteiger partial charge in [0.25, 0.3) is 0 Å². The molecule has 1 saturated carbocycles. The van der Waals surface area contributed by atoms with E-state index in [0.717, 1.165) is 17.4 Å². The number of aromatic nitrogens is 1. The zero-order valence-corrected chi connectivity index (χ0v) is 13.2. The highest BCUT2D eigenvalue weighted by atomic mass is 32.1. The lowest BCUT2D eigenvalue weighted by Crippen LogP contribution is -2.38. The van der Waals surface area contributed by atoms with Gasteiger partial charge in [-0.2, -0.15) is 0 Å². The Kier molecular flexibility index (Phi) is 5.54. The molecule has 19 heavy (non-hydrogen) atoms. The Morgan fingerprint density at radius 3 is 2.84 bits per heavy atom. The fourth-order valence-corrected chi connectivity index (χ4v) is 3.36. The minimum atomic E-state index is 0.537. The van der Waals surface area contributed by atoms with Crippen molar-refractivity contribution in [1.82, 2.24) is 15.2 Å². The van der Waals surface area contributed by atoms with Gasteiger partial charge in [-0.15, -0.1) is 11.3 Å². The quantitative estimate of drug-likeness (QED) is 0.837. The van der Waals surface area contributed by atoms with Gasteiger partial charge in [0.2, 0.25) is 0 Å². The maximum atomic E-state index is 5.35. The number of hydrogen-bond acceptors (Lipinski definition) is 4. The topological polar surface area (TPSA) is 40.2 Å². The lowest BCUT2D eigenvalue weighted by molar-refractivity contribution is 0.398. The minimum absolute atomic E-state index is 0.537. The van der Waals surface area contributed by atoms with Crippen LogP contribution in [0.1, 0.15) is 37.8 Å². The van der Waals surface area contributed by atoms with Crippen LogP contribution in [0.2, 0.25) is 0 Å². The van der Waals surface area contributed by atoms with Crippen molar-refractivity contribution in [2.75, 3.05) is 19.4 Å². The van der Waals surface area contributed by atoms with E-state index in [1.165, 1.54) is 32.1 Å². The third-order valence-electron chi connectivity index (χ3n) is 3.19. The Morgan fingerprint density at radius 1 is 1.42 bits per heavy atom. The predicted octanol–water partition coefficient (Wildman–Crippen LogP) is 2.82. The third-order valence-corrected chi connectivity index (χ3v) is 4.22. The molecule has 0 bridgehead atoms. The fraction of sp³-hybridized carbons (Fsp3) is 0.692. The first kappa shape index (κ1) is 14.7. The van der Waals surface area contributed by atoms with Crippen LogP contribution in [-0.2, 0) is 6.54 Å². The van der Waals surface area contributed by atoms with E-state index in [-0.39, 0.29) is 0 Å². The van der Waals surface area contributed by atoms with Crippen molar-refractivity contribution in [3.8, 4) is 0 Å². The molecule has 1 aliphatic rings. The number of anilines is 1. The summed E-state index contributed by atoms with van der Waals surface area (Å²) >= 11 is 6.95. The number of thiocarbonyl (C=S) groups is 1. The molecule has 1 aromatic rings. The highest BCUT2D eigenvalue weighted by molar-refractivity contribution is 7.80. The minimum Gasteiger partial charge on any atom is -0.360 e. The van der Waals surface area contributed by atoms with Gasteiger partial charge in [0.15, 0.2) is 10.2 Å². The summed E-state index contributed by atoms with van der Waals surface area (Å²) in [7, 11) is 4.09. The maximum Gasteiger partial charge on any atom is 0.189 e. The lowest BCUT2D eigenvalue weighted by Gasteiger charge is -2.23. The standard InChI is InChI=1S/C13H22N4S2/c1-17(2)8-11-9-19-13(15-11)16-12(18)14-10-6-4-3-5-7-10/h9-10H,3-8H2,1-2H3,(H2,14,15,16,18). The molecule has 1 fully saturated rings. The van der Waals surface area contributed by atoms with Gasteiger partial charge in [0, 0.05) is 18.0 Å². The van der Waals surface area contributed by atoms with E-state index in [1.54, 1.807) is 11.3 Å². The molecule has 6 heteroatoms. The van der Waals surface area contributed by atoms with Gasteiger partial charge < -0.3 is 15.5 Å². The molecule has 1 aromatic heterocycles. The van der Waals surface area contributed by atoms with E-state index in [0.29, 0.717) is 11.2 Å². The molecule has 0 atom stereocenters. The molecule has 0 unspecified atom stereocenters. The maximum absolute atomic E-state index is 5.35. The van der Waals surface area contributed by atoms with Gasteiger partial charge >= 0.3 is 0 Å². The molecular weight excluding hydrogens is 276 g/mol. The molecule has 0 aromatic carbocycles. The van der Waals surface area contributed by atoms with Gasteiger partial charge in [-0.1, -0.05) is 19.3 Å². The summed E-state index contributed by atoms with van der Waals surface area (Å²) in [5.41, 5.74) is 1.08. The van der Waals surface area contributed by atoms with E-state index < -0.39 is 0 Å². The molecule has 2 N–H and O–H groups in total. The van der Waals surface area contributed by atoms with E-state index in [4.69, 9.17) is 12.2 Å². The molecule has 106 valence electrons. The fourth-order valence-electron chi connectivity index (χ4n) is 2.33. The smallest absolute Gasteiger partial charge is 0.189 e. The monoisotopic (exact) mass is 298 g/mol. The van der Waals surface area contributed by atoms with Crippen LogP contribution in [-0.4, -0.2) is 35.1 Å². The number of nitrogens with zero attached hydrogens (tertiary/aromatic N) is 2. The zero-order valence-electron chi connectivity index (χ0n) is 11.6. The number of nitrogens with one attached hydrogen (secondary N) is 2. The molecular formula is C13H22N4S2. The second-order valence-electron chi connectivity index (χ2n) is 5.32. The van der Waals surface area contributed by atoms with Crippen LogP contribution in [0.25, 0.3) is 0 Å². The largest absolute Gasteiger partial charge is 0.360 e. The Labute approximate surface area is 124 Å². The Hall–Kier alpha value is -0.720. The second kappa shape index (κ2) is 7.17. The summed E-state index contributed by atoms with van der Waals surface area (Å²) < 4.78 is 0. The molecule has 1 aliphatic carbocycles. The highest BCUT2D eigenvalue weighted by Crippen LogP contribution is 2.19. The second-order valence-corrected chi connectivity index (χ2v) is 6.58. The molecule has 1 heterocycles. The number of rotatable bonds is 4. The molecule has 0 radical (unpaired) electrons. The first-order chi connectivity index (χ1) is 9.13. The molecule has 0 aliphatic heterocycles. The van der Waals surface area contributed by atoms with Crippen LogP contribution in [0.5, 0.6) is 0 Å². The van der Waals surface area contributed by atoms with Crippen LogP contribution < -0.4 is 10.6 Å². The van der Waals surface area contributed by atoms with Crippen molar-refractivity contribution >= 4 is 33.8 Å². The van der Waals surface area contributed by atoms with Crippen molar-refractivity contribution in [2.45, 2.75) is 44.7 Å². The third kappa shape index (κ3) is 5.04. The summed E-state index contributed by atoms with van der Waals surface area (Å²) in [6, 6.07) is 0.537. The van der Waals surface area contributed by atoms with Gasteiger partial charge in [-0.05, 0) is 39.2 Å². The van der Waals surface area contributed by atoms with Crippen LogP contribution >= 0.6 is 23.6 Å². The van der Waals surface area contributed by atoms with Crippen LogP contribution in [0.4, 0.5) is 5.13 Å². The molecule has 2 rings (SSSR count). The van der Waals surface area contributed by atoms with E-state index >= 15 is 0 Å². The van der Waals surface area contributed by atoms with Crippen molar-refractivity contribution in [3.05, 3.63) is 11.1 Å². The zero-order chi connectivity index (χ0) is 13.7. The van der Waals surface area contributed by atoms with Gasteiger partial charge in [-0.25, -0.2) is 4.98 Å². The normalized spacial score (nSPS) is 16.6. The van der Waals surface area contributed by atoms with E-state index in [2.05, 4.69) is 25.9 Å². The van der Waals surface area contributed by atoms with Gasteiger partial charge in [0.1, 0.15) is 0 Å². The van der Waals surface area contributed by atoms with Crippen molar-refractivity contribution < 1.29 is 0 Å². The van der Waals surface area contributed by atoms with Crippen LogP contribution in [0, 0.1) is 0 Å². The summed E-state index contributed by atoms with van der Waals surface area (Å²) in [6.45, 7) is 0.862. The van der Waals surface area contributed by atoms with Crippen molar-refractivity contribution in [3.63, 3.8) is 0 Å². The summed E-state index contributed by atoms with van der Waals surface area (Å²) in [4.78, 5) is 6.63. The SMILES string of the molecule is CN(C)Cc1csc(NC(=S)NC2CCCCC2)n1. The summed E-state index contributed by atoms with van der Waals surface area (Å²) in [5, 5.41) is 10.2. The van der Waals surface area contributed by atoms with Gasteiger partial charge in [0.05, 0.1) is 5.69 Å². The van der Waals surface area contributed by atoms with Crippen LogP contribution in [0.3, 0.4) is 0 Å². The highest BCUT2D eigenvalue weighted by Gasteiger charge is 2.14. The number of hydrogen-bond donors (Lipinski definition) is 2. The summed E-state index contributed by atoms with van der Waals surface area (Å²) in [5.74, 6) is 0. The van der Waals surface area contributed by atoms with Gasteiger partial charge in [-0.3, -0.25) is 0 Å². The Balaban J connectivity index is 1.79. The number of thiazole rings is 1. The van der Waals surface area contributed by atoms with Crippen LogP contribution in [0.15, 0.2) is 5.38 Å². The average Bonchev–Trinajstić information content (AvgIpc) is 2.76. The first-order valence-electron chi connectivity index (χ1n) is 6.80. The van der Waals surface area contributed by atoms with E-state index in [9.17, 15) is 0 Å². The van der Waals surface area contributed by atoms with Crippen molar-refractivity contribution in [1.29, 1.82) is 0 Å². The molecule has 0 spiro atoms. The first-order valence-corrected chi connectivity index (χ1v) is 8.09. The lowest BCUT2D eigenvalue weighted by atomic mass is 9.96. The van der Waals surface area contributed by atoms with Crippen molar-refractivity contribution in [2.24, 2.45) is 0 Å². The average molecular weight is 298 g/mol. The molecule has 0 amide bonds. The van der Waals surface area contributed by atoms with E-state index in [1.807, 2.05) is 14.1 Å². The molecule has 4 nitrogen and oxygen atoms in total. The Bertz CT molecular complexity index is 411.